The quantitative estimate of drug-likeness (QED) is 0.0321. The molecule has 0 saturated heterocycles. The number of aliphatic hydroxyl groups excluding tert-OH is 2. The van der Waals surface area contributed by atoms with Crippen LogP contribution in [0.3, 0.4) is 0 Å². The Hall–Kier alpha value is -1.40. The maximum absolute atomic E-state index is 12.4. The molecule has 6 nitrogen and oxygen atoms in total. The molecule has 2 unspecified atom stereocenters. The van der Waals surface area contributed by atoms with Gasteiger partial charge in [0.25, 0.3) is 0 Å². The Morgan fingerprint density at radius 1 is 0.435 bits per heavy atom. The minimum absolute atomic E-state index is 0.00215. The third-order valence-corrected chi connectivity index (χ3v) is 13.1. The highest BCUT2D eigenvalue weighted by Gasteiger charge is 2.20. The molecule has 0 aromatic carbocycles. The van der Waals surface area contributed by atoms with Crippen molar-refractivity contribution in [1.82, 2.24) is 5.32 Å². The molecule has 0 aliphatic heterocycles. The number of aliphatic hydroxyl groups is 2. The van der Waals surface area contributed by atoms with Gasteiger partial charge in [0.2, 0.25) is 5.91 Å². The molecular weight excluding hydrogens is 767 g/mol. The molecule has 0 heterocycles. The number of carbonyl (C=O) groups is 2. The number of esters is 1. The fourth-order valence-corrected chi connectivity index (χ4v) is 8.75. The Morgan fingerprint density at radius 2 is 0.758 bits per heavy atom. The zero-order chi connectivity index (χ0) is 45.1. The lowest BCUT2D eigenvalue weighted by Gasteiger charge is -2.22. The van der Waals surface area contributed by atoms with Gasteiger partial charge in [-0.05, 0) is 51.4 Å². The fraction of sp³-hybridized carbons (Fsp3) is 0.929. The van der Waals surface area contributed by atoms with Crippen molar-refractivity contribution in [2.24, 2.45) is 0 Å². The molecule has 0 fully saturated rings. The Kier molecular flexibility index (Phi) is 51.0. The van der Waals surface area contributed by atoms with Crippen LogP contribution in [0, 0.1) is 0 Å². The first-order valence-electron chi connectivity index (χ1n) is 27.9. The van der Waals surface area contributed by atoms with Crippen LogP contribution in [0.15, 0.2) is 12.2 Å². The van der Waals surface area contributed by atoms with Crippen LogP contribution in [0.5, 0.6) is 0 Å². The van der Waals surface area contributed by atoms with Gasteiger partial charge < -0.3 is 20.3 Å². The van der Waals surface area contributed by atoms with E-state index in [0.29, 0.717) is 25.9 Å². The molecule has 3 N–H and O–H groups in total. The molecule has 1 amide bonds. The predicted octanol–water partition coefficient (Wildman–Crippen LogP) is 16.9. The summed E-state index contributed by atoms with van der Waals surface area (Å²) in [5, 5.41) is 23.2. The molecule has 0 aromatic rings. The van der Waals surface area contributed by atoms with Crippen molar-refractivity contribution in [3.8, 4) is 0 Å². The Morgan fingerprint density at radius 3 is 1.15 bits per heavy atom. The molecule has 62 heavy (non-hydrogen) atoms. The molecule has 0 saturated carbocycles. The zero-order valence-electron chi connectivity index (χ0n) is 41.9. The summed E-state index contributed by atoms with van der Waals surface area (Å²) in [6.07, 6.45) is 60.5. The molecule has 0 rings (SSSR count). The summed E-state index contributed by atoms with van der Waals surface area (Å²) in [4.78, 5) is 24.5. The highest BCUT2D eigenvalue weighted by atomic mass is 16.5. The summed E-state index contributed by atoms with van der Waals surface area (Å²) >= 11 is 0. The second kappa shape index (κ2) is 52.2. The third kappa shape index (κ3) is 48.1. The first-order chi connectivity index (χ1) is 30.5. The number of hydrogen-bond donors (Lipinski definition) is 3. The van der Waals surface area contributed by atoms with Crippen LogP contribution in [-0.4, -0.2) is 47.4 Å². The van der Waals surface area contributed by atoms with E-state index >= 15 is 0 Å². The standard InChI is InChI=1S/C56H109NO5/c1-3-5-7-9-11-13-15-17-21-26-30-34-38-42-46-50-56(61)62-51-47-43-39-35-31-27-23-20-18-19-22-25-29-33-37-41-45-49-55(60)57-53(52-58)54(59)48-44-40-36-32-28-24-16-14-12-10-8-6-4-2/h17,21,53-54,58-59H,3-16,18-20,22-52H2,1-2H3,(H,57,60)/b21-17-. The van der Waals surface area contributed by atoms with E-state index in [0.717, 1.165) is 44.9 Å². The number of ether oxygens (including phenoxy) is 1. The summed E-state index contributed by atoms with van der Waals surface area (Å²) in [5.74, 6) is -0.0417. The predicted molar refractivity (Wildman–Crippen MR) is 269 cm³/mol. The normalized spacial score (nSPS) is 12.6. The molecule has 0 aromatic heterocycles. The van der Waals surface area contributed by atoms with E-state index in [1.165, 1.54) is 231 Å². The minimum atomic E-state index is -0.666. The maximum atomic E-state index is 12.4. The maximum Gasteiger partial charge on any atom is 0.305 e. The van der Waals surface area contributed by atoms with Gasteiger partial charge in [-0.1, -0.05) is 257 Å². The monoisotopic (exact) mass is 876 g/mol. The fourth-order valence-electron chi connectivity index (χ4n) is 8.75. The van der Waals surface area contributed by atoms with Gasteiger partial charge in [-0.3, -0.25) is 9.59 Å². The van der Waals surface area contributed by atoms with Gasteiger partial charge in [-0.25, -0.2) is 0 Å². The average molecular weight is 876 g/mol. The molecule has 368 valence electrons. The third-order valence-electron chi connectivity index (χ3n) is 13.1. The molecule has 6 heteroatoms. The summed E-state index contributed by atoms with van der Waals surface area (Å²) in [5.41, 5.74) is 0. The topological polar surface area (TPSA) is 95.9 Å². The van der Waals surface area contributed by atoms with Crippen molar-refractivity contribution >= 4 is 11.9 Å². The van der Waals surface area contributed by atoms with Crippen molar-refractivity contribution in [2.75, 3.05) is 13.2 Å². The Labute approximate surface area is 387 Å². The van der Waals surface area contributed by atoms with Crippen molar-refractivity contribution in [3.63, 3.8) is 0 Å². The lowest BCUT2D eigenvalue weighted by Crippen LogP contribution is -2.45. The van der Waals surface area contributed by atoms with Crippen molar-refractivity contribution < 1.29 is 24.5 Å². The first kappa shape index (κ1) is 60.6. The summed E-state index contributed by atoms with van der Waals surface area (Å²) in [6.45, 7) is 4.94. The lowest BCUT2D eigenvalue weighted by atomic mass is 10.0. The second-order valence-corrected chi connectivity index (χ2v) is 19.3. The molecule has 2 atom stereocenters. The lowest BCUT2D eigenvalue weighted by molar-refractivity contribution is -0.143. The number of unbranched alkanes of at least 4 members (excludes halogenated alkanes) is 39. The van der Waals surface area contributed by atoms with E-state index in [1.807, 2.05) is 0 Å². The van der Waals surface area contributed by atoms with Crippen LogP contribution in [0.1, 0.15) is 309 Å². The van der Waals surface area contributed by atoms with Gasteiger partial charge in [0.15, 0.2) is 0 Å². The van der Waals surface area contributed by atoms with Gasteiger partial charge in [0.05, 0.1) is 25.4 Å². The molecule has 0 spiro atoms. The largest absolute Gasteiger partial charge is 0.466 e. The van der Waals surface area contributed by atoms with Gasteiger partial charge in [0.1, 0.15) is 0 Å². The smallest absolute Gasteiger partial charge is 0.305 e. The highest BCUT2D eigenvalue weighted by Crippen LogP contribution is 2.17. The number of rotatable bonds is 52. The molecule has 0 radical (unpaired) electrons. The van der Waals surface area contributed by atoms with Gasteiger partial charge in [-0.15, -0.1) is 0 Å². The summed E-state index contributed by atoms with van der Waals surface area (Å²) < 4.78 is 5.47. The van der Waals surface area contributed by atoms with Crippen molar-refractivity contribution in [3.05, 3.63) is 12.2 Å². The van der Waals surface area contributed by atoms with E-state index in [2.05, 4.69) is 31.3 Å². The van der Waals surface area contributed by atoms with Crippen LogP contribution in [0.4, 0.5) is 0 Å². The van der Waals surface area contributed by atoms with E-state index in [4.69, 9.17) is 4.74 Å². The Bertz CT molecular complexity index is 924. The van der Waals surface area contributed by atoms with E-state index in [-0.39, 0.29) is 18.5 Å². The number of amides is 1. The van der Waals surface area contributed by atoms with Crippen LogP contribution in [0.25, 0.3) is 0 Å². The van der Waals surface area contributed by atoms with Crippen molar-refractivity contribution in [2.45, 2.75) is 321 Å². The first-order valence-corrected chi connectivity index (χ1v) is 27.9. The molecule has 0 aliphatic carbocycles. The van der Waals surface area contributed by atoms with Crippen LogP contribution >= 0.6 is 0 Å². The van der Waals surface area contributed by atoms with Gasteiger partial charge in [0, 0.05) is 12.8 Å². The van der Waals surface area contributed by atoms with Gasteiger partial charge in [-0.2, -0.15) is 0 Å². The van der Waals surface area contributed by atoms with E-state index in [1.54, 1.807) is 0 Å². The number of allylic oxidation sites excluding steroid dienone is 2. The summed E-state index contributed by atoms with van der Waals surface area (Å²) in [7, 11) is 0. The molecular formula is C56H109NO5. The number of hydrogen-bond acceptors (Lipinski definition) is 5. The number of carbonyl (C=O) groups excluding carboxylic acids is 2. The summed E-state index contributed by atoms with van der Waals surface area (Å²) in [6, 6.07) is -0.544. The number of nitrogens with one attached hydrogen (secondary N) is 1. The van der Waals surface area contributed by atoms with Crippen LogP contribution in [-0.2, 0) is 14.3 Å². The highest BCUT2D eigenvalue weighted by molar-refractivity contribution is 5.76. The SMILES string of the molecule is CCCCCCCC/C=C\CCCCCCCC(=O)OCCCCCCCCCCCCCCCCCCCC(=O)NC(CO)C(O)CCCCCCCCCCCCCCC. The van der Waals surface area contributed by atoms with E-state index in [9.17, 15) is 19.8 Å². The second-order valence-electron chi connectivity index (χ2n) is 19.3. The Balaban J connectivity index is 3.40. The van der Waals surface area contributed by atoms with E-state index < -0.39 is 12.1 Å². The van der Waals surface area contributed by atoms with Gasteiger partial charge >= 0.3 is 5.97 Å². The average Bonchev–Trinajstić information content (AvgIpc) is 3.27. The zero-order valence-corrected chi connectivity index (χ0v) is 41.9. The van der Waals surface area contributed by atoms with Crippen molar-refractivity contribution in [1.29, 1.82) is 0 Å². The van der Waals surface area contributed by atoms with Crippen LogP contribution < -0.4 is 5.32 Å². The van der Waals surface area contributed by atoms with Crippen LogP contribution in [0.2, 0.25) is 0 Å². The molecule has 0 aliphatic rings. The minimum Gasteiger partial charge on any atom is -0.466 e. The molecule has 0 bridgehead atoms.